The molecule has 0 spiro atoms. The average molecular weight is 364 g/mol. The number of hydrogen-bond donors (Lipinski definition) is 0. The number of carbonyl (C=O) groups excluding carboxylic acids is 3. The van der Waals surface area contributed by atoms with Gasteiger partial charge in [-0.25, -0.2) is 0 Å². The van der Waals surface area contributed by atoms with Crippen molar-refractivity contribution < 1.29 is 14.4 Å². The van der Waals surface area contributed by atoms with Crippen molar-refractivity contribution in [1.29, 1.82) is 0 Å². The lowest BCUT2D eigenvalue weighted by atomic mass is 9.89. The maximum atomic E-state index is 12.5. The van der Waals surface area contributed by atoms with Gasteiger partial charge in [-0.15, -0.1) is 0 Å². The molecule has 0 radical (unpaired) electrons. The third-order valence-electron chi connectivity index (χ3n) is 4.98. The lowest BCUT2D eigenvalue weighted by Gasteiger charge is -2.31. The predicted octanol–water partition coefficient (Wildman–Crippen LogP) is 2.97. The fraction of sp³-hybridized carbons (Fsp3) is 0.318. The molecule has 1 aliphatic heterocycles. The van der Waals surface area contributed by atoms with Crippen molar-refractivity contribution in [2.24, 2.45) is 5.92 Å². The maximum Gasteiger partial charge on any atom is 0.246 e. The summed E-state index contributed by atoms with van der Waals surface area (Å²) in [5.41, 5.74) is 2.96. The second-order valence-electron chi connectivity index (χ2n) is 7.13. The molecular formula is C22H24N2O3. The zero-order valence-corrected chi connectivity index (χ0v) is 15.7. The smallest absolute Gasteiger partial charge is 0.246 e. The van der Waals surface area contributed by atoms with E-state index in [9.17, 15) is 14.4 Å². The molecule has 2 aromatic carbocycles. The Hall–Kier alpha value is -2.95. The van der Waals surface area contributed by atoms with Crippen LogP contribution in [0, 0.1) is 12.8 Å². The number of nitrogens with zero attached hydrogens (tertiary/aromatic N) is 2. The molecule has 0 bridgehead atoms. The number of amides is 3. The van der Waals surface area contributed by atoms with Crippen LogP contribution in [0.2, 0.25) is 0 Å². The third kappa shape index (κ3) is 4.61. The number of imide groups is 1. The average Bonchev–Trinajstić information content (AvgIpc) is 2.65. The molecule has 5 heteroatoms. The van der Waals surface area contributed by atoms with Crippen molar-refractivity contribution in [2.45, 2.75) is 26.2 Å². The highest BCUT2D eigenvalue weighted by molar-refractivity contribution is 6.04. The highest BCUT2D eigenvalue weighted by Gasteiger charge is 2.34. The summed E-state index contributed by atoms with van der Waals surface area (Å²) in [5.74, 6) is -0.814. The Labute approximate surface area is 159 Å². The molecule has 27 heavy (non-hydrogen) atoms. The van der Waals surface area contributed by atoms with E-state index in [0.29, 0.717) is 19.3 Å². The van der Waals surface area contributed by atoms with Gasteiger partial charge in [0.05, 0.1) is 0 Å². The number of likely N-dealkylation sites (N-methyl/N-ethyl adjacent to an activating group) is 1. The SMILES string of the molecule is Cc1ccc(N(C)C(=O)CN2C(=O)CC(Cc3ccccc3)CC2=O)cc1. The Morgan fingerprint density at radius 3 is 2.19 bits per heavy atom. The normalized spacial score (nSPS) is 15.1. The number of hydrogen-bond acceptors (Lipinski definition) is 3. The molecule has 2 aromatic rings. The van der Waals surface area contributed by atoms with E-state index in [0.717, 1.165) is 21.7 Å². The zero-order valence-electron chi connectivity index (χ0n) is 15.7. The Balaban J connectivity index is 1.61. The van der Waals surface area contributed by atoms with Crippen molar-refractivity contribution in [2.75, 3.05) is 18.5 Å². The molecule has 1 fully saturated rings. The molecule has 0 unspecified atom stereocenters. The summed E-state index contributed by atoms with van der Waals surface area (Å²) in [5, 5.41) is 0. The molecule has 140 valence electrons. The van der Waals surface area contributed by atoms with Gasteiger partial charge in [0.25, 0.3) is 0 Å². The van der Waals surface area contributed by atoms with Crippen LogP contribution in [0.25, 0.3) is 0 Å². The molecule has 1 saturated heterocycles. The highest BCUT2D eigenvalue weighted by atomic mass is 16.2. The molecule has 5 nitrogen and oxygen atoms in total. The van der Waals surface area contributed by atoms with Crippen molar-refractivity contribution in [3.8, 4) is 0 Å². The monoisotopic (exact) mass is 364 g/mol. The Kier molecular flexibility index (Phi) is 5.69. The van der Waals surface area contributed by atoms with Crippen molar-refractivity contribution in [3.05, 3.63) is 65.7 Å². The molecule has 1 aliphatic rings. The summed E-state index contributed by atoms with van der Waals surface area (Å²) in [6, 6.07) is 17.4. The second kappa shape index (κ2) is 8.16. The van der Waals surface area contributed by atoms with Crippen LogP contribution < -0.4 is 4.90 Å². The van der Waals surface area contributed by atoms with Crippen LogP contribution in [0.5, 0.6) is 0 Å². The number of benzene rings is 2. The van der Waals surface area contributed by atoms with Crippen LogP contribution in [0.4, 0.5) is 5.69 Å². The lowest BCUT2D eigenvalue weighted by Crippen LogP contribution is -2.48. The standard InChI is InChI=1S/C22H24N2O3/c1-16-8-10-19(11-9-16)23(2)22(27)15-24-20(25)13-18(14-21(24)26)12-17-6-4-3-5-7-17/h3-11,18H,12-15H2,1-2H3. The summed E-state index contributed by atoms with van der Waals surface area (Å²) in [4.78, 5) is 40.1. The molecule has 0 aliphatic carbocycles. The Morgan fingerprint density at radius 2 is 1.59 bits per heavy atom. The first kappa shape index (κ1) is 18.8. The van der Waals surface area contributed by atoms with Crippen LogP contribution in [-0.2, 0) is 20.8 Å². The molecule has 0 aromatic heterocycles. The molecule has 3 amide bonds. The number of anilines is 1. The van der Waals surface area contributed by atoms with E-state index in [4.69, 9.17) is 0 Å². The van der Waals surface area contributed by atoms with E-state index in [2.05, 4.69) is 0 Å². The van der Waals surface area contributed by atoms with Crippen LogP contribution >= 0.6 is 0 Å². The van der Waals surface area contributed by atoms with Gasteiger partial charge in [-0.05, 0) is 37.0 Å². The zero-order chi connectivity index (χ0) is 19.4. The first-order valence-electron chi connectivity index (χ1n) is 9.14. The summed E-state index contributed by atoms with van der Waals surface area (Å²) >= 11 is 0. The summed E-state index contributed by atoms with van der Waals surface area (Å²) < 4.78 is 0. The first-order valence-corrected chi connectivity index (χ1v) is 9.14. The third-order valence-corrected chi connectivity index (χ3v) is 4.98. The minimum Gasteiger partial charge on any atom is -0.314 e. The van der Waals surface area contributed by atoms with Gasteiger partial charge in [0.2, 0.25) is 17.7 Å². The lowest BCUT2D eigenvalue weighted by molar-refractivity contribution is -0.152. The van der Waals surface area contributed by atoms with E-state index in [1.54, 1.807) is 7.05 Å². The van der Waals surface area contributed by atoms with Gasteiger partial charge in [0, 0.05) is 25.6 Å². The maximum absolute atomic E-state index is 12.5. The molecule has 3 rings (SSSR count). The Bertz CT molecular complexity index is 812. The van der Waals surface area contributed by atoms with Gasteiger partial charge in [0.1, 0.15) is 6.54 Å². The van der Waals surface area contributed by atoms with E-state index >= 15 is 0 Å². The number of rotatable bonds is 5. The van der Waals surface area contributed by atoms with Gasteiger partial charge in [-0.3, -0.25) is 19.3 Å². The van der Waals surface area contributed by atoms with Gasteiger partial charge >= 0.3 is 0 Å². The quantitative estimate of drug-likeness (QED) is 0.767. The fourth-order valence-electron chi connectivity index (χ4n) is 3.35. The molecule has 0 atom stereocenters. The summed E-state index contributed by atoms with van der Waals surface area (Å²) in [6.45, 7) is 1.77. The van der Waals surface area contributed by atoms with Crippen LogP contribution in [0.3, 0.4) is 0 Å². The number of carbonyl (C=O) groups is 3. The highest BCUT2D eigenvalue weighted by Crippen LogP contribution is 2.24. The first-order chi connectivity index (χ1) is 12.9. The topological polar surface area (TPSA) is 57.7 Å². The molecule has 1 heterocycles. The Morgan fingerprint density at radius 1 is 1.00 bits per heavy atom. The molecule has 0 N–H and O–H groups in total. The van der Waals surface area contributed by atoms with E-state index in [1.807, 2.05) is 61.5 Å². The van der Waals surface area contributed by atoms with Gasteiger partial charge < -0.3 is 4.90 Å². The number of piperidine rings is 1. The predicted molar refractivity (Wildman–Crippen MR) is 104 cm³/mol. The number of likely N-dealkylation sites (tertiary alicyclic amines) is 1. The van der Waals surface area contributed by atoms with Crippen molar-refractivity contribution in [1.82, 2.24) is 4.90 Å². The number of aryl methyl sites for hydroxylation is 1. The van der Waals surface area contributed by atoms with E-state index < -0.39 is 0 Å². The second-order valence-corrected chi connectivity index (χ2v) is 7.13. The summed E-state index contributed by atoms with van der Waals surface area (Å²) in [6.07, 6.45) is 1.29. The minimum absolute atomic E-state index is 0.00594. The van der Waals surface area contributed by atoms with E-state index in [-0.39, 0.29) is 30.2 Å². The van der Waals surface area contributed by atoms with Crippen LogP contribution in [0.1, 0.15) is 24.0 Å². The van der Waals surface area contributed by atoms with Gasteiger partial charge in [-0.1, -0.05) is 48.0 Å². The fourth-order valence-corrected chi connectivity index (χ4v) is 3.35. The van der Waals surface area contributed by atoms with Crippen molar-refractivity contribution >= 4 is 23.4 Å². The summed E-state index contributed by atoms with van der Waals surface area (Å²) in [7, 11) is 1.66. The molecular weight excluding hydrogens is 340 g/mol. The van der Waals surface area contributed by atoms with E-state index in [1.165, 1.54) is 4.90 Å². The van der Waals surface area contributed by atoms with Gasteiger partial charge in [-0.2, -0.15) is 0 Å². The molecule has 0 saturated carbocycles. The van der Waals surface area contributed by atoms with Crippen LogP contribution in [-0.4, -0.2) is 36.2 Å². The minimum atomic E-state index is -0.276. The largest absolute Gasteiger partial charge is 0.314 e. The van der Waals surface area contributed by atoms with Gasteiger partial charge in [0.15, 0.2) is 0 Å². The van der Waals surface area contributed by atoms with Crippen LogP contribution in [0.15, 0.2) is 54.6 Å². The van der Waals surface area contributed by atoms with Crippen molar-refractivity contribution in [3.63, 3.8) is 0 Å².